The molecule has 0 atom stereocenters. The van der Waals surface area contributed by atoms with Crippen LogP contribution in [0.5, 0.6) is 0 Å². The smallest absolute Gasteiger partial charge is 0.303 e. The van der Waals surface area contributed by atoms with Crippen molar-refractivity contribution in [3.63, 3.8) is 0 Å². The zero-order valence-electron chi connectivity index (χ0n) is 20.0. The Morgan fingerprint density at radius 2 is 1.63 bits per heavy atom. The van der Waals surface area contributed by atoms with Crippen LogP contribution in [-0.2, 0) is 17.8 Å². The van der Waals surface area contributed by atoms with Crippen LogP contribution in [0.2, 0.25) is 0 Å². The molecule has 0 aromatic heterocycles. The number of nitrogens with one attached hydrogen (secondary N) is 1. The van der Waals surface area contributed by atoms with Gasteiger partial charge < -0.3 is 15.3 Å². The van der Waals surface area contributed by atoms with E-state index in [0.717, 1.165) is 62.0 Å². The predicted octanol–water partition coefficient (Wildman–Crippen LogP) is 6.25. The summed E-state index contributed by atoms with van der Waals surface area (Å²) < 4.78 is 0. The van der Waals surface area contributed by atoms with Crippen molar-refractivity contribution in [3.05, 3.63) is 95.1 Å². The first-order chi connectivity index (χ1) is 17.1. The van der Waals surface area contributed by atoms with E-state index >= 15 is 0 Å². The van der Waals surface area contributed by atoms with Crippen molar-refractivity contribution in [1.82, 2.24) is 0 Å². The van der Waals surface area contributed by atoms with Gasteiger partial charge in [-0.25, -0.2) is 0 Å². The van der Waals surface area contributed by atoms with Gasteiger partial charge in [0.05, 0.1) is 0 Å². The maximum Gasteiger partial charge on any atom is 0.303 e. The van der Waals surface area contributed by atoms with Gasteiger partial charge in [-0.3, -0.25) is 9.59 Å². The van der Waals surface area contributed by atoms with Crippen LogP contribution in [0.25, 0.3) is 0 Å². The number of para-hydroxylation sites is 1. The molecule has 0 radical (unpaired) electrons. The van der Waals surface area contributed by atoms with E-state index in [-0.39, 0.29) is 5.91 Å². The summed E-state index contributed by atoms with van der Waals surface area (Å²) in [4.78, 5) is 26.3. The molecule has 1 fully saturated rings. The van der Waals surface area contributed by atoms with Crippen molar-refractivity contribution < 1.29 is 14.7 Å². The van der Waals surface area contributed by atoms with E-state index in [4.69, 9.17) is 5.11 Å². The number of anilines is 2. The van der Waals surface area contributed by atoms with Crippen LogP contribution in [0, 0.1) is 5.92 Å². The second-order valence-electron chi connectivity index (χ2n) is 9.84. The summed E-state index contributed by atoms with van der Waals surface area (Å²) in [6, 6.07) is 24.5. The Labute approximate surface area is 206 Å². The molecule has 5 nitrogen and oxygen atoms in total. The van der Waals surface area contributed by atoms with E-state index in [2.05, 4.69) is 40.5 Å². The first kappa shape index (κ1) is 23.2. The molecule has 3 aromatic rings. The highest BCUT2D eigenvalue weighted by Crippen LogP contribution is 2.38. The molecule has 35 heavy (non-hydrogen) atoms. The predicted molar refractivity (Wildman–Crippen MR) is 139 cm³/mol. The van der Waals surface area contributed by atoms with Gasteiger partial charge in [0, 0.05) is 36.4 Å². The number of carboxylic acid groups (broad SMARTS) is 1. The minimum Gasteiger partial charge on any atom is -0.481 e. The number of hydrogen-bond acceptors (Lipinski definition) is 3. The van der Waals surface area contributed by atoms with Gasteiger partial charge in [0.2, 0.25) is 0 Å². The van der Waals surface area contributed by atoms with Crippen LogP contribution >= 0.6 is 0 Å². The average Bonchev–Trinajstić information content (AvgIpc) is 2.89. The maximum absolute atomic E-state index is 12.9. The highest BCUT2D eigenvalue weighted by molar-refractivity contribution is 6.05. The molecule has 1 aliphatic heterocycles. The molecule has 1 saturated carbocycles. The zero-order valence-corrected chi connectivity index (χ0v) is 20.0. The van der Waals surface area contributed by atoms with E-state index in [1.165, 1.54) is 16.8 Å². The first-order valence-corrected chi connectivity index (χ1v) is 12.6. The molecule has 2 N–H and O–H groups in total. The molecule has 1 amide bonds. The molecule has 5 rings (SSSR count). The van der Waals surface area contributed by atoms with Gasteiger partial charge in [0.1, 0.15) is 0 Å². The van der Waals surface area contributed by atoms with Crippen molar-refractivity contribution in [1.29, 1.82) is 0 Å². The normalized spacial score (nSPS) is 19.6. The molecular formula is C30H32N2O3. The Kier molecular flexibility index (Phi) is 6.84. The van der Waals surface area contributed by atoms with Crippen molar-refractivity contribution in [2.24, 2.45) is 5.92 Å². The lowest BCUT2D eigenvalue weighted by Crippen LogP contribution is -2.32. The highest BCUT2D eigenvalue weighted by atomic mass is 16.4. The van der Waals surface area contributed by atoms with E-state index < -0.39 is 5.97 Å². The van der Waals surface area contributed by atoms with E-state index in [1.54, 1.807) is 0 Å². The Balaban J connectivity index is 1.23. The number of aliphatic carboxylic acids is 1. The second kappa shape index (κ2) is 10.3. The van der Waals surface area contributed by atoms with E-state index in [0.29, 0.717) is 18.3 Å². The third-order valence-electron chi connectivity index (χ3n) is 7.58. The third kappa shape index (κ3) is 5.40. The topological polar surface area (TPSA) is 69.6 Å². The number of carbonyl (C=O) groups excluding carboxylic acids is 1. The largest absolute Gasteiger partial charge is 0.481 e. The van der Waals surface area contributed by atoms with Crippen molar-refractivity contribution in [3.8, 4) is 0 Å². The minimum atomic E-state index is -0.676. The number of amides is 1. The SMILES string of the molecule is O=C(O)CC1CCC(c2ccc(N3CCc4c(cccc4C(=O)Nc4ccccc4)C3)cc2)CC1. The van der Waals surface area contributed by atoms with Crippen molar-refractivity contribution in [2.75, 3.05) is 16.8 Å². The van der Waals surface area contributed by atoms with Crippen LogP contribution in [0.4, 0.5) is 11.4 Å². The number of fused-ring (bicyclic) bond motifs is 1. The maximum atomic E-state index is 12.9. The van der Waals surface area contributed by atoms with Crippen LogP contribution in [-0.4, -0.2) is 23.5 Å². The zero-order chi connectivity index (χ0) is 24.2. The molecule has 2 aliphatic rings. The fraction of sp³-hybridized carbons (Fsp3) is 0.333. The lowest BCUT2D eigenvalue weighted by atomic mass is 9.77. The standard InChI is InChI=1S/C30H32N2O3/c33-29(34)19-21-9-11-22(12-10-21)23-13-15-26(16-14-23)32-18-17-27-24(20-32)5-4-8-28(27)30(35)31-25-6-2-1-3-7-25/h1-8,13-16,21-22H,9-12,17-20H2,(H,31,35)(H,33,34). The Hall–Kier alpha value is -3.60. The van der Waals surface area contributed by atoms with Crippen LogP contribution in [0.3, 0.4) is 0 Å². The summed E-state index contributed by atoms with van der Waals surface area (Å²) in [5.74, 6) is 0.131. The third-order valence-corrected chi connectivity index (χ3v) is 7.58. The summed E-state index contributed by atoms with van der Waals surface area (Å²) >= 11 is 0. The Bertz CT molecular complexity index is 1180. The number of nitrogens with zero attached hydrogens (tertiary/aromatic N) is 1. The summed E-state index contributed by atoms with van der Waals surface area (Å²) in [6.07, 6.45) is 5.29. The Morgan fingerprint density at radius 1 is 0.886 bits per heavy atom. The molecule has 0 unspecified atom stereocenters. The van der Waals surface area contributed by atoms with Gasteiger partial charge in [-0.2, -0.15) is 0 Å². The van der Waals surface area contributed by atoms with Gasteiger partial charge in [-0.05, 0) is 91.0 Å². The second-order valence-corrected chi connectivity index (χ2v) is 9.84. The van der Waals surface area contributed by atoms with E-state index in [1.807, 2.05) is 42.5 Å². The first-order valence-electron chi connectivity index (χ1n) is 12.6. The number of carboxylic acids is 1. The molecular weight excluding hydrogens is 436 g/mol. The molecule has 1 heterocycles. The summed E-state index contributed by atoms with van der Waals surface area (Å²) in [5.41, 5.74) is 6.49. The summed E-state index contributed by atoms with van der Waals surface area (Å²) in [6.45, 7) is 1.67. The average molecular weight is 469 g/mol. The lowest BCUT2D eigenvalue weighted by Gasteiger charge is -2.32. The highest BCUT2D eigenvalue weighted by Gasteiger charge is 2.25. The summed E-state index contributed by atoms with van der Waals surface area (Å²) in [5, 5.41) is 12.1. The molecule has 3 aromatic carbocycles. The molecule has 1 aliphatic carbocycles. The summed E-state index contributed by atoms with van der Waals surface area (Å²) in [7, 11) is 0. The fourth-order valence-corrected chi connectivity index (χ4v) is 5.67. The number of carbonyl (C=O) groups is 2. The number of hydrogen-bond donors (Lipinski definition) is 2. The monoisotopic (exact) mass is 468 g/mol. The lowest BCUT2D eigenvalue weighted by molar-refractivity contribution is -0.138. The number of benzene rings is 3. The molecule has 5 heteroatoms. The minimum absolute atomic E-state index is 0.0519. The quantitative estimate of drug-likeness (QED) is 0.449. The van der Waals surface area contributed by atoms with Gasteiger partial charge >= 0.3 is 5.97 Å². The molecule has 0 saturated heterocycles. The molecule has 180 valence electrons. The molecule has 0 bridgehead atoms. The van der Waals surface area contributed by atoms with E-state index in [9.17, 15) is 9.59 Å². The number of rotatable bonds is 6. The van der Waals surface area contributed by atoms with Crippen molar-refractivity contribution in [2.45, 2.75) is 51.0 Å². The van der Waals surface area contributed by atoms with Crippen LogP contribution in [0.15, 0.2) is 72.8 Å². The van der Waals surface area contributed by atoms with Gasteiger partial charge in [0.25, 0.3) is 5.91 Å². The van der Waals surface area contributed by atoms with Gasteiger partial charge in [0.15, 0.2) is 0 Å². The van der Waals surface area contributed by atoms with Crippen LogP contribution < -0.4 is 10.2 Å². The Morgan fingerprint density at radius 3 is 2.34 bits per heavy atom. The van der Waals surface area contributed by atoms with Crippen molar-refractivity contribution >= 4 is 23.3 Å². The van der Waals surface area contributed by atoms with Gasteiger partial charge in [-0.15, -0.1) is 0 Å². The van der Waals surface area contributed by atoms with Gasteiger partial charge in [-0.1, -0.05) is 42.5 Å². The fourth-order valence-electron chi connectivity index (χ4n) is 5.67. The van der Waals surface area contributed by atoms with Crippen LogP contribution in [0.1, 0.15) is 65.1 Å². The molecule has 0 spiro atoms.